The molecular weight excluding hydrogens is 180 g/mol. The van der Waals surface area contributed by atoms with Crippen LogP contribution in [0.25, 0.3) is 0 Å². The van der Waals surface area contributed by atoms with E-state index in [9.17, 15) is 9.90 Å². The van der Waals surface area contributed by atoms with Crippen LogP contribution < -0.4 is 0 Å². The van der Waals surface area contributed by atoms with Crippen molar-refractivity contribution < 1.29 is 14.6 Å². The zero-order valence-electron chi connectivity index (χ0n) is 8.66. The van der Waals surface area contributed by atoms with Gasteiger partial charge in [-0.15, -0.1) is 0 Å². The summed E-state index contributed by atoms with van der Waals surface area (Å²) in [5, 5.41) is 9.98. The fourth-order valence-corrected chi connectivity index (χ4v) is 2.86. The Morgan fingerprint density at radius 1 is 1.36 bits per heavy atom. The Kier molecular flexibility index (Phi) is 2.52. The zero-order valence-corrected chi connectivity index (χ0v) is 8.66. The van der Waals surface area contributed by atoms with Crippen LogP contribution in [0.5, 0.6) is 0 Å². The van der Waals surface area contributed by atoms with Crippen molar-refractivity contribution in [3.05, 3.63) is 0 Å². The summed E-state index contributed by atoms with van der Waals surface area (Å²) in [6.07, 6.45) is 5.60. The SMILES string of the molecule is COC(=O)C12CC1CCCCCC2O. The van der Waals surface area contributed by atoms with Gasteiger partial charge >= 0.3 is 5.97 Å². The molecule has 3 nitrogen and oxygen atoms in total. The van der Waals surface area contributed by atoms with Gasteiger partial charge in [0, 0.05) is 0 Å². The van der Waals surface area contributed by atoms with Crippen LogP contribution in [0.15, 0.2) is 0 Å². The summed E-state index contributed by atoms with van der Waals surface area (Å²) in [6.45, 7) is 0. The van der Waals surface area contributed by atoms with Crippen molar-refractivity contribution in [1.82, 2.24) is 0 Å². The van der Waals surface area contributed by atoms with E-state index < -0.39 is 11.5 Å². The minimum Gasteiger partial charge on any atom is -0.469 e. The largest absolute Gasteiger partial charge is 0.469 e. The highest BCUT2D eigenvalue weighted by atomic mass is 16.5. The average Bonchev–Trinajstić information content (AvgIpc) is 2.88. The van der Waals surface area contributed by atoms with Gasteiger partial charge in [0.05, 0.1) is 18.6 Å². The molecule has 3 unspecified atom stereocenters. The average molecular weight is 198 g/mol. The molecule has 0 radical (unpaired) electrons. The number of aliphatic hydroxyl groups is 1. The van der Waals surface area contributed by atoms with Gasteiger partial charge in [-0.05, 0) is 25.2 Å². The van der Waals surface area contributed by atoms with Crippen molar-refractivity contribution in [2.45, 2.75) is 44.6 Å². The lowest BCUT2D eigenvalue weighted by atomic mass is 9.87. The third kappa shape index (κ3) is 1.34. The predicted molar refractivity (Wildman–Crippen MR) is 51.6 cm³/mol. The molecule has 2 fully saturated rings. The first kappa shape index (κ1) is 9.97. The lowest BCUT2D eigenvalue weighted by molar-refractivity contribution is -0.153. The van der Waals surface area contributed by atoms with Crippen LogP contribution in [0, 0.1) is 11.3 Å². The maximum absolute atomic E-state index is 11.6. The van der Waals surface area contributed by atoms with Crippen LogP contribution in [0.2, 0.25) is 0 Å². The summed E-state index contributed by atoms with van der Waals surface area (Å²) >= 11 is 0. The topological polar surface area (TPSA) is 46.5 Å². The number of hydrogen-bond acceptors (Lipinski definition) is 3. The number of rotatable bonds is 1. The van der Waals surface area contributed by atoms with Gasteiger partial charge in [0.2, 0.25) is 0 Å². The van der Waals surface area contributed by atoms with Crippen molar-refractivity contribution in [2.24, 2.45) is 11.3 Å². The standard InChI is InChI=1S/C11H18O3/c1-14-10(13)11-7-8(11)5-3-2-4-6-9(11)12/h8-9,12H,2-7H2,1H3. The molecule has 80 valence electrons. The van der Waals surface area contributed by atoms with Crippen LogP contribution in [0.4, 0.5) is 0 Å². The van der Waals surface area contributed by atoms with Crippen LogP contribution >= 0.6 is 0 Å². The maximum atomic E-state index is 11.6. The molecule has 2 saturated carbocycles. The second-order valence-electron chi connectivity index (χ2n) is 4.59. The molecule has 14 heavy (non-hydrogen) atoms. The van der Waals surface area contributed by atoms with E-state index in [4.69, 9.17) is 4.74 Å². The molecule has 0 saturated heterocycles. The van der Waals surface area contributed by atoms with Gasteiger partial charge in [-0.2, -0.15) is 0 Å². The first-order valence-corrected chi connectivity index (χ1v) is 5.48. The van der Waals surface area contributed by atoms with Gasteiger partial charge in [0.15, 0.2) is 0 Å². The highest BCUT2D eigenvalue weighted by Crippen LogP contribution is 2.60. The lowest BCUT2D eigenvalue weighted by Gasteiger charge is -2.23. The minimum absolute atomic E-state index is 0.197. The van der Waals surface area contributed by atoms with Crippen LogP contribution in [0.3, 0.4) is 0 Å². The number of carbonyl (C=O) groups is 1. The third-order valence-electron chi connectivity index (χ3n) is 3.84. The van der Waals surface area contributed by atoms with E-state index >= 15 is 0 Å². The molecule has 0 aliphatic heterocycles. The van der Waals surface area contributed by atoms with Crippen molar-refractivity contribution in [3.8, 4) is 0 Å². The van der Waals surface area contributed by atoms with E-state index in [1.807, 2.05) is 0 Å². The predicted octanol–water partition coefficient (Wildman–Crippen LogP) is 1.49. The fraction of sp³-hybridized carbons (Fsp3) is 0.909. The van der Waals surface area contributed by atoms with E-state index in [2.05, 4.69) is 0 Å². The molecule has 2 aliphatic rings. The summed E-state index contributed by atoms with van der Waals surface area (Å²) in [6, 6.07) is 0. The van der Waals surface area contributed by atoms with E-state index in [1.165, 1.54) is 20.0 Å². The highest BCUT2D eigenvalue weighted by molar-refractivity contribution is 5.81. The molecule has 1 N–H and O–H groups in total. The molecular formula is C11H18O3. The Hall–Kier alpha value is -0.570. The quantitative estimate of drug-likeness (QED) is 0.649. The zero-order chi connectivity index (χ0) is 10.2. The second kappa shape index (κ2) is 3.54. The summed E-state index contributed by atoms with van der Waals surface area (Å²) in [7, 11) is 1.41. The van der Waals surface area contributed by atoms with Gasteiger partial charge in [-0.3, -0.25) is 4.79 Å². The summed E-state index contributed by atoms with van der Waals surface area (Å²) < 4.78 is 4.80. The Balaban J connectivity index is 2.12. The normalized spacial score (nSPS) is 41.9. The van der Waals surface area contributed by atoms with E-state index in [0.29, 0.717) is 5.92 Å². The molecule has 0 spiro atoms. The molecule has 0 heterocycles. The molecule has 3 heteroatoms. The fourth-order valence-electron chi connectivity index (χ4n) is 2.86. The number of fused-ring (bicyclic) bond motifs is 1. The Morgan fingerprint density at radius 3 is 2.79 bits per heavy atom. The molecule has 2 rings (SSSR count). The monoisotopic (exact) mass is 198 g/mol. The first-order chi connectivity index (χ1) is 6.71. The molecule has 0 aromatic heterocycles. The van der Waals surface area contributed by atoms with Gasteiger partial charge in [-0.1, -0.05) is 19.3 Å². The van der Waals surface area contributed by atoms with Crippen LogP contribution in [-0.4, -0.2) is 24.3 Å². The van der Waals surface area contributed by atoms with Gasteiger partial charge in [0.1, 0.15) is 0 Å². The molecule has 2 aliphatic carbocycles. The van der Waals surface area contributed by atoms with E-state index in [0.717, 1.165) is 25.7 Å². The maximum Gasteiger partial charge on any atom is 0.314 e. The van der Waals surface area contributed by atoms with E-state index in [1.54, 1.807) is 0 Å². The highest BCUT2D eigenvalue weighted by Gasteiger charge is 2.64. The summed E-state index contributed by atoms with van der Waals surface area (Å²) in [5.74, 6) is 0.183. The Morgan fingerprint density at radius 2 is 2.07 bits per heavy atom. The van der Waals surface area contributed by atoms with Crippen LogP contribution in [0.1, 0.15) is 38.5 Å². The summed E-state index contributed by atoms with van der Waals surface area (Å²) in [4.78, 5) is 11.6. The Labute approximate surface area is 84.4 Å². The number of methoxy groups -OCH3 is 1. The number of esters is 1. The number of ether oxygens (including phenoxy) is 1. The molecule has 0 aromatic rings. The minimum atomic E-state index is -0.519. The number of carbonyl (C=O) groups excluding carboxylic acids is 1. The van der Waals surface area contributed by atoms with Crippen molar-refractivity contribution >= 4 is 5.97 Å². The van der Waals surface area contributed by atoms with Crippen molar-refractivity contribution in [3.63, 3.8) is 0 Å². The number of hydrogen-bond donors (Lipinski definition) is 1. The second-order valence-corrected chi connectivity index (χ2v) is 4.59. The first-order valence-electron chi connectivity index (χ1n) is 5.48. The van der Waals surface area contributed by atoms with Gasteiger partial charge in [0.25, 0.3) is 0 Å². The molecule has 0 amide bonds. The molecule has 0 bridgehead atoms. The Bertz CT molecular complexity index is 239. The third-order valence-corrected chi connectivity index (χ3v) is 3.84. The van der Waals surface area contributed by atoms with Crippen molar-refractivity contribution in [2.75, 3.05) is 7.11 Å². The van der Waals surface area contributed by atoms with Crippen LogP contribution in [-0.2, 0) is 9.53 Å². The van der Waals surface area contributed by atoms with Gasteiger partial charge in [-0.25, -0.2) is 0 Å². The van der Waals surface area contributed by atoms with Crippen molar-refractivity contribution in [1.29, 1.82) is 0 Å². The van der Waals surface area contributed by atoms with E-state index in [-0.39, 0.29) is 5.97 Å². The smallest absolute Gasteiger partial charge is 0.314 e. The molecule has 0 aromatic carbocycles. The summed E-state index contributed by atoms with van der Waals surface area (Å²) in [5.41, 5.74) is -0.519. The van der Waals surface area contributed by atoms with Gasteiger partial charge < -0.3 is 9.84 Å². The number of aliphatic hydroxyl groups excluding tert-OH is 1. The lowest BCUT2D eigenvalue weighted by Crippen LogP contribution is -2.34. The molecule has 3 atom stereocenters.